The molecular formula is C17H29N3O2S. The molecular weight excluding hydrogens is 310 g/mol. The molecule has 0 N–H and O–H groups in total. The fourth-order valence-electron chi connectivity index (χ4n) is 3.94. The van der Waals surface area contributed by atoms with Crippen LogP contribution in [0.2, 0.25) is 0 Å². The van der Waals surface area contributed by atoms with Gasteiger partial charge in [-0.3, -0.25) is 4.90 Å². The number of hydrogen-bond donors (Lipinski definition) is 0. The SMILES string of the molecule is Cn1ccc(CN2CCCC(N(C3CCC3)S(C)(=O)=O)CC2)c1. The minimum absolute atomic E-state index is 0.191. The smallest absolute Gasteiger partial charge is 0.211 e. The highest BCUT2D eigenvalue weighted by molar-refractivity contribution is 7.88. The molecule has 1 unspecified atom stereocenters. The highest BCUT2D eigenvalue weighted by Gasteiger charge is 2.37. The summed E-state index contributed by atoms with van der Waals surface area (Å²) in [6.45, 7) is 3.02. The van der Waals surface area contributed by atoms with Gasteiger partial charge in [0.15, 0.2) is 0 Å². The van der Waals surface area contributed by atoms with Gasteiger partial charge < -0.3 is 4.57 Å². The Hall–Kier alpha value is -0.850. The van der Waals surface area contributed by atoms with Crippen molar-refractivity contribution in [3.8, 4) is 0 Å². The van der Waals surface area contributed by atoms with Gasteiger partial charge in [0.05, 0.1) is 6.26 Å². The van der Waals surface area contributed by atoms with Crippen molar-refractivity contribution in [2.45, 2.75) is 57.2 Å². The van der Waals surface area contributed by atoms with Gasteiger partial charge in [-0.15, -0.1) is 0 Å². The van der Waals surface area contributed by atoms with E-state index in [4.69, 9.17) is 0 Å². The molecule has 0 radical (unpaired) electrons. The van der Waals surface area contributed by atoms with Crippen molar-refractivity contribution in [1.82, 2.24) is 13.8 Å². The number of nitrogens with zero attached hydrogens (tertiary/aromatic N) is 3. The number of hydrogen-bond acceptors (Lipinski definition) is 3. The van der Waals surface area contributed by atoms with E-state index in [1.165, 1.54) is 18.2 Å². The molecule has 0 aromatic carbocycles. The molecule has 6 heteroatoms. The minimum Gasteiger partial charge on any atom is -0.357 e. The van der Waals surface area contributed by atoms with E-state index in [-0.39, 0.29) is 12.1 Å². The zero-order valence-corrected chi connectivity index (χ0v) is 15.1. The zero-order valence-electron chi connectivity index (χ0n) is 14.3. The molecule has 1 aliphatic heterocycles. The predicted octanol–water partition coefficient (Wildman–Crippen LogP) is 2.19. The first-order valence-corrected chi connectivity index (χ1v) is 10.6. The van der Waals surface area contributed by atoms with Crippen LogP contribution in [-0.4, -0.2) is 53.6 Å². The number of sulfonamides is 1. The van der Waals surface area contributed by atoms with Crippen LogP contribution in [0.1, 0.15) is 44.1 Å². The molecule has 130 valence electrons. The van der Waals surface area contributed by atoms with Crippen molar-refractivity contribution in [3.05, 3.63) is 24.0 Å². The molecule has 0 spiro atoms. The monoisotopic (exact) mass is 339 g/mol. The Balaban J connectivity index is 1.62. The van der Waals surface area contributed by atoms with E-state index in [0.717, 1.165) is 51.7 Å². The molecule has 23 heavy (non-hydrogen) atoms. The van der Waals surface area contributed by atoms with Crippen molar-refractivity contribution in [2.75, 3.05) is 19.3 Å². The van der Waals surface area contributed by atoms with Gasteiger partial charge in [0, 0.05) is 44.6 Å². The van der Waals surface area contributed by atoms with Crippen LogP contribution in [0, 0.1) is 0 Å². The standard InChI is InChI=1S/C17H29N3O2S/c1-18-11-8-15(13-18)14-19-10-4-7-17(9-12-19)20(23(2,21)22)16-5-3-6-16/h8,11,13,16-17H,3-7,9-10,12,14H2,1-2H3. The van der Waals surface area contributed by atoms with Crippen LogP contribution in [0.3, 0.4) is 0 Å². The quantitative estimate of drug-likeness (QED) is 0.826. The first kappa shape index (κ1) is 17.0. The minimum atomic E-state index is -3.10. The largest absolute Gasteiger partial charge is 0.357 e. The van der Waals surface area contributed by atoms with Gasteiger partial charge in [-0.2, -0.15) is 4.31 Å². The van der Waals surface area contributed by atoms with Crippen molar-refractivity contribution in [1.29, 1.82) is 0 Å². The molecule has 5 nitrogen and oxygen atoms in total. The number of rotatable bonds is 5. The van der Waals surface area contributed by atoms with Gasteiger partial charge in [0.25, 0.3) is 0 Å². The summed E-state index contributed by atoms with van der Waals surface area (Å²) in [5, 5.41) is 0. The molecule has 2 aliphatic rings. The van der Waals surface area contributed by atoms with E-state index in [2.05, 4.69) is 27.9 Å². The number of aromatic nitrogens is 1. The van der Waals surface area contributed by atoms with Gasteiger partial charge in [-0.1, -0.05) is 6.42 Å². The summed E-state index contributed by atoms with van der Waals surface area (Å²) < 4.78 is 28.5. The average Bonchev–Trinajstić information content (AvgIpc) is 2.68. The average molecular weight is 340 g/mol. The second kappa shape index (κ2) is 6.95. The van der Waals surface area contributed by atoms with Crippen molar-refractivity contribution < 1.29 is 8.42 Å². The maximum absolute atomic E-state index is 12.3. The topological polar surface area (TPSA) is 45.5 Å². The van der Waals surface area contributed by atoms with Crippen LogP contribution in [-0.2, 0) is 23.6 Å². The van der Waals surface area contributed by atoms with Gasteiger partial charge >= 0.3 is 0 Å². The van der Waals surface area contributed by atoms with Crippen molar-refractivity contribution in [2.24, 2.45) is 7.05 Å². The molecule has 3 rings (SSSR count). The Morgan fingerprint density at radius 2 is 1.83 bits per heavy atom. The summed E-state index contributed by atoms with van der Waals surface area (Å²) in [5.74, 6) is 0. The third-order valence-electron chi connectivity index (χ3n) is 5.27. The van der Waals surface area contributed by atoms with Crippen LogP contribution in [0.15, 0.2) is 18.5 Å². The fraction of sp³-hybridized carbons (Fsp3) is 0.765. The lowest BCUT2D eigenvalue weighted by Crippen LogP contribution is -2.49. The second-order valence-electron chi connectivity index (χ2n) is 7.22. The summed E-state index contributed by atoms with van der Waals surface area (Å²) in [6, 6.07) is 2.62. The van der Waals surface area contributed by atoms with E-state index >= 15 is 0 Å². The summed E-state index contributed by atoms with van der Waals surface area (Å²) in [5.41, 5.74) is 1.34. The molecule has 1 aromatic rings. The molecule has 1 saturated carbocycles. The Morgan fingerprint density at radius 1 is 1.13 bits per heavy atom. The van der Waals surface area contributed by atoms with Gasteiger partial charge in [-0.05, 0) is 50.3 Å². The van der Waals surface area contributed by atoms with E-state index < -0.39 is 10.0 Å². The molecule has 0 amide bonds. The molecule has 2 heterocycles. The van der Waals surface area contributed by atoms with Crippen LogP contribution in [0.4, 0.5) is 0 Å². The summed E-state index contributed by atoms with van der Waals surface area (Å²) in [4.78, 5) is 2.47. The van der Waals surface area contributed by atoms with Crippen molar-refractivity contribution >= 4 is 10.0 Å². The van der Waals surface area contributed by atoms with E-state index in [1.807, 2.05) is 11.4 Å². The normalized spacial score (nSPS) is 24.6. The van der Waals surface area contributed by atoms with E-state index in [0.29, 0.717) is 0 Å². The summed E-state index contributed by atoms with van der Waals surface area (Å²) in [6.07, 6.45) is 11.9. The molecule has 1 aliphatic carbocycles. The summed E-state index contributed by atoms with van der Waals surface area (Å²) in [7, 11) is -1.06. The van der Waals surface area contributed by atoms with Gasteiger partial charge in [0.2, 0.25) is 10.0 Å². The van der Waals surface area contributed by atoms with Crippen LogP contribution in [0.5, 0.6) is 0 Å². The van der Waals surface area contributed by atoms with Crippen LogP contribution < -0.4 is 0 Å². The Bertz CT molecular complexity index is 622. The Labute approximate surface area is 140 Å². The van der Waals surface area contributed by atoms with E-state index in [1.54, 1.807) is 0 Å². The number of likely N-dealkylation sites (tertiary alicyclic amines) is 1. The van der Waals surface area contributed by atoms with Gasteiger partial charge in [0.1, 0.15) is 0 Å². The second-order valence-corrected chi connectivity index (χ2v) is 9.11. The highest BCUT2D eigenvalue weighted by Crippen LogP contribution is 2.32. The number of aryl methyl sites for hydroxylation is 1. The van der Waals surface area contributed by atoms with E-state index in [9.17, 15) is 8.42 Å². The first-order chi connectivity index (χ1) is 10.9. The van der Waals surface area contributed by atoms with Crippen LogP contribution >= 0.6 is 0 Å². The summed E-state index contributed by atoms with van der Waals surface area (Å²) >= 11 is 0. The van der Waals surface area contributed by atoms with Gasteiger partial charge in [-0.25, -0.2) is 8.42 Å². The maximum Gasteiger partial charge on any atom is 0.211 e. The third kappa shape index (κ3) is 4.17. The lowest BCUT2D eigenvalue weighted by Gasteiger charge is -2.40. The predicted molar refractivity (Wildman–Crippen MR) is 92.7 cm³/mol. The lowest BCUT2D eigenvalue weighted by molar-refractivity contribution is 0.160. The fourth-order valence-corrected chi connectivity index (χ4v) is 5.45. The van der Waals surface area contributed by atoms with Crippen molar-refractivity contribution in [3.63, 3.8) is 0 Å². The first-order valence-electron chi connectivity index (χ1n) is 8.75. The zero-order chi connectivity index (χ0) is 16.4. The molecule has 1 atom stereocenters. The third-order valence-corrected chi connectivity index (χ3v) is 6.63. The molecule has 2 fully saturated rings. The van der Waals surface area contributed by atoms with Crippen LogP contribution in [0.25, 0.3) is 0 Å². The molecule has 1 saturated heterocycles. The molecule has 0 bridgehead atoms. The maximum atomic E-state index is 12.3. The highest BCUT2D eigenvalue weighted by atomic mass is 32.2. The Kier molecular flexibility index (Phi) is 5.13. The Morgan fingerprint density at radius 3 is 2.39 bits per heavy atom. The lowest BCUT2D eigenvalue weighted by atomic mass is 9.91. The molecule has 1 aromatic heterocycles.